The summed E-state index contributed by atoms with van der Waals surface area (Å²) in [6.07, 6.45) is 1.59. The van der Waals surface area contributed by atoms with Crippen molar-refractivity contribution in [2.45, 2.75) is 118 Å². The van der Waals surface area contributed by atoms with Gasteiger partial charge in [0.15, 0.2) is 0 Å². The molecule has 7 nitrogen and oxygen atoms in total. The first-order valence-corrected chi connectivity index (χ1v) is 15.9. The summed E-state index contributed by atoms with van der Waals surface area (Å²) in [6, 6.07) is 10.1. The van der Waals surface area contributed by atoms with E-state index in [0.717, 1.165) is 12.0 Å². The Balaban J connectivity index is 2.85. The average Bonchev–Trinajstić information content (AvgIpc) is 2.87. The summed E-state index contributed by atoms with van der Waals surface area (Å²) in [5, 5.41) is 0. The van der Waals surface area contributed by atoms with Crippen molar-refractivity contribution < 1.29 is 32.6 Å². The van der Waals surface area contributed by atoms with Gasteiger partial charge < -0.3 is 23.3 Å². The second-order valence-electron chi connectivity index (χ2n) is 10.6. The van der Waals surface area contributed by atoms with Crippen LogP contribution in [0.15, 0.2) is 30.3 Å². The van der Waals surface area contributed by atoms with E-state index < -0.39 is 13.3 Å². The van der Waals surface area contributed by atoms with Crippen molar-refractivity contribution in [1.82, 2.24) is 0 Å². The molecule has 0 aliphatic rings. The second-order valence-corrected chi connectivity index (χ2v) is 13.0. The molecule has 0 aliphatic heterocycles. The highest BCUT2D eigenvalue weighted by molar-refractivity contribution is 7.55. The molecule has 38 heavy (non-hydrogen) atoms. The summed E-state index contributed by atoms with van der Waals surface area (Å²) in [5.41, 5.74) is 0.351. The van der Waals surface area contributed by atoms with Crippen molar-refractivity contribution in [1.29, 1.82) is 0 Å². The van der Waals surface area contributed by atoms with Gasteiger partial charge in [0.25, 0.3) is 0 Å². The number of carbonyl (C=O) groups is 1. The monoisotopic (exact) mass is 556 g/mol. The molecule has 0 bridgehead atoms. The Hall–Kier alpha value is -1.08. The fourth-order valence-electron chi connectivity index (χ4n) is 4.61. The van der Waals surface area contributed by atoms with Crippen LogP contribution in [0.2, 0.25) is 0 Å². The molecule has 0 radical (unpaired) electrons. The number of ketones is 1. The molecule has 0 N–H and O–H groups in total. The van der Waals surface area contributed by atoms with Crippen LogP contribution in [-0.4, -0.2) is 55.7 Å². The molecule has 1 aromatic carbocycles. The predicted octanol–water partition coefficient (Wildman–Crippen LogP) is 7.46. The quantitative estimate of drug-likeness (QED) is 0.115. The Morgan fingerprint density at radius 1 is 0.842 bits per heavy atom. The van der Waals surface area contributed by atoms with Crippen LogP contribution >= 0.6 is 7.60 Å². The Bertz CT molecular complexity index is 804. The van der Waals surface area contributed by atoms with Gasteiger partial charge in [-0.3, -0.25) is 9.36 Å². The number of rotatable bonds is 21. The van der Waals surface area contributed by atoms with Crippen molar-refractivity contribution in [3.05, 3.63) is 35.9 Å². The maximum atomic E-state index is 13.1. The number of hydrogen-bond acceptors (Lipinski definition) is 7. The fraction of sp³-hybridized carbons (Fsp3) is 0.767. The molecule has 1 rings (SSSR count). The number of carbonyl (C=O) groups excluding carboxylic acids is 1. The van der Waals surface area contributed by atoms with Gasteiger partial charge in [0.05, 0.1) is 44.2 Å². The molecule has 0 amide bonds. The summed E-state index contributed by atoms with van der Waals surface area (Å²) in [6.45, 7) is 19.2. The van der Waals surface area contributed by atoms with E-state index in [-0.39, 0.29) is 61.7 Å². The first kappa shape index (κ1) is 34.9. The zero-order valence-electron chi connectivity index (χ0n) is 25.2. The lowest BCUT2D eigenvalue weighted by molar-refractivity contribution is -0.123. The van der Waals surface area contributed by atoms with E-state index in [1.807, 2.05) is 45.9 Å². The number of benzene rings is 1. The average molecular weight is 557 g/mol. The molecule has 0 saturated carbocycles. The van der Waals surface area contributed by atoms with E-state index in [1.165, 1.54) is 0 Å². The van der Waals surface area contributed by atoms with Crippen molar-refractivity contribution >= 4 is 13.4 Å². The van der Waals surface area contributed by atoms with Crippen molar-refractivity contribution in [2.75, 3.05) is 19.8 Å². The minimum absolute atomic E-state index is 0.0321. The van der Waals surface area contributed by atoms with Gasteiger partial charge in [0.2, 0.25) is 0 Å². The second kappa shape index (κ2) is 18.3. The van der Waals surface area contributed by atoms with Gasteiger partial charge in [-0.15, -0.1) is 0 Å². The Kier molecular flexibility index (Phi) is 16.8. The number of hydrogen-bond donors (Lipinski definition) is 0. The van der Waals surface area contributed by atoms with Crippen LogP contribution in [0.5, 0.6) is 0 Å². The van der Waals surface area contributed by atoms with Crippen LogP contribution in [0.4, 0.5) is 0 Å². The number of ether oxygens (including phenoxy) is 3. The van der Waals surface area contributed by atoms with E-state index in [0.29, 0.717) is 19.6 Å². The molecule has 0 fully saturated rings. The van der Waals surface area contributed by atoms with E-state index >= 15 is 0 Å². The van der Waals surface area contributed by atoms with Gasteiger partial charge in [-0.05, 0) is 72.8 Å². The molecule has 0 spiro atoms. The molecule has 220 valence electrons. The summed E-state index contributed by atoms with van der Waals surface area (Å²) in [7, 11) is -3.48. The van der Waals surface area contributed by atoms with Crippen LogP contribution in [0.3, 0.4) is 0 Å². The van der Waals surface area contributed by atoms with E-state index in [2.05, 4.69) is 26.0 Å². The zero-order chi connectivity index (χ0) is 28.7. The molecule has 0 aromatic heterocycles. The van der Waals surface area contributed by atoms with E-state index in [1.54, 1.807) is 20.8 Å². The number of Topliss-reactive ketones (excluding diaryl/α,β-unsaturated/α-hetero) is 1. The van der Waals surface area contributed by atoms with Crippen LogP contribution < -0.4 is 0 Å². The first-order chi connectivity index (χ1) is 17.9. The lowest BCUT2D eigenvalue weighted by Gasteiger charge is -2.37. The van der Waals surface area contributed by atoms with Gasteiger partial charge in [-0.1, -0.05) is 44.2 Å². The van der Waals surface area contributed by atoms with E-state index in [9.17, 15) is 9.36 Å². The Labute approximate surface area is 231 Å². The summed E-state index contributed by atoms with van der Waals surface area (Å²) < 4.78 is 42.6. The summed E-state index contributed by atoms with van der Waals surface area (Å²) >= 11 is 0. The molecule has 0 heterocycles. The van der Waals surface area contributed by atoms with Crippen LogP contribution in [0.1, 0.15) is 87.1 Å². The third-order valence-electron chi connectivity index (χ3n) is 6.60. The van der Waals surface area contributed by atoms with Crippen LogP contribution in [0.25, 0.3) is 0 Å². The highest BCUT2D eigenvalue weighted by Gasteiger charge is 2.38. The minimum Gasteiger partial charge on any atom is -0.377 e. The summed E-state index contributed by atoms with van der Waals surface area (Å²) in [5.74, 6) is 0.0635. The molecule has 8 heteroatoms. The zero-order valence-corrected chi connectivity index (χ0v) is 26.1. The standard InChI is InChI=1S/C30H53O7P/c1-10-34-38(32,35-11-2)26(9)28(31)18-17-24(7)30(37-23(5)6)25(8)29(36-22(3)4)19-20-33-21-27-15-13-12-14-16-27/h12-16,22-26,29-30H,10-11,17-21H2,1-9H3/t24-,25-,26?,29-,30-/m1/s1. The maximum Gasteiger partial charge on any atom is 0.340 e. The van der Waals surface area contributed by atoms with Crippen molar-refractivity contribution in [2.24, 2.45) is 11.8 Å². The smallest absolute Gasteiger partial charge is 0.340 e. The lowest BCUT2D eigenvalue weighted by Crippen LogP contribution is -2.41. The largest absolute Gasteiger partial charge is 0.377 e. The normalized spacial score (nSPS) is 16.4. The Morgan fingerprint density at radius 2 is 1.42 bits per heavy atom. The predicted molar refractivity (Wildman–Crippen MR) is 154 cm³/mol. The van der Waals surface area contributed by atoms with Gasteiger partial charge in [-0.2, -0.15) is 0 Å². The minimum atomic E-state index is -3.48. The third kappa shape index (κ3) is 12.4. The first-order valence-electron chi connectivity index (χ1n) is 14.3. The van der Waals surface area contributed by atoms with Crippen molar-refractivity contribution in [3.63, 3.8) is 0 Å². The van der Waals surface area contributed by atoms with Gasteiger partial charge in [0.1, 0.15) is 11.4 Å². The van der Waals surface area contributed by atoms with Gasteiger partial charge in [-0.25, -0.2) is 0 Å². The van der Waals surface area contributed by atoms with Gasteiger partial charge in [0, 0.05) is 18.9 Å². The molecule has 1 unspecified atom stereocenters. The molecular weight excluding hydrogens is 503 g/mol. The molecular formula is C30H53O7P. The molecule has 5 atom stereocenters. The molecule has 0 aliphatic carbocycles. The fourth-order valence-corrected chi connectivity index (χ4v) is 6.33. The van der Waals surface area contributed by atoms with Crippen LogP contribution in [0, 0.1) is 11.8 Å². The SMILES string of the molecule is CCOP(=O)(OCC)C(C)C(=O)CC[C@@H](C)[C@@H](OC(C)C)[C@H](C)[C@@H](CCOCc1ccccc1)OC(C)C. The maximum absolute atomic E-state index is 13.1. The summed E-state index contributed by atoms with van der Waals surface area (Å²) in [4.78, 5) is 13.0. The van der Waals surface area contributed by atoms with Crippen molar-refractivity contribution in [3.8, 4) is 0 Å². The Morgan fingerprint density at radius 3 is 1.95 bits per heavy atom. The highest BCUT2D eigenvalue weighted by Crippen LogP contribution is 2.53. The topological polar surface area (TPSA) is 80.3 Å². The highest BCUT2D eigenvalue weighted by atomic mass is 31.2. The van der Waals surface area contributed by atoms with Crippen LogP contribution in [-0.2, 0) is 39.2 Å². The molecule has 0 saturated heterocycles. The van der Waals surface area contributed by atoms with E-state index in [4.69, 9.17) is 23.3 Å². The lowest BCUT2D eigenvalue weighted by atomic mass is 9.84. The third-order valence-corrected chi connectivity index (χ3v) is 9.08. The molecule has 1 aromatic rings. The van der Waals surface area contributed by atoms with Gasteiger partial charge >= 0.3 is 7.60 Å².